The van der Waals surface area contributed by atoms with Crippen LogP contribution in [0.5, 0.6) is 11.5 Å². The largest absolute Gasteiger partial charge is 0.488 e. The number of aliphatic hydroxyl groups is 1. The van der Waals surface area contributed by atoms with Crippen molar-refractivity contribution in [2.45, 2.75) is 57.7 Å². The molecule has 1 heterocycles. The van der Waals surface area contributed by atoms with Crippen LogP contribution in [-0.4, -0.2) is 38.0 Å². The fourth-order valence-electron chi connectivity index (χ4n) is 4.79. The number of nitrogens with zero attached hydrogens (tertiary/aromatic N) is 2. The van der Waals surface area contributed by atoms with Crippen LogP contribution in [0.2, 0.25) is 10.0 Å². The van der Waals surface area contributed by atoms with Crippen molar-refractivity contribution in [3.8, 4) is 33.9 Å². The number of aryl methyl sites for hydroxylation is 1. The minimum atomic E-state index is -4.86. The monoisotopic (exact) mass is 748 g/mol. The van der Waals surface area contributed by atoms with Gasteiger partial charge in [0.2, 0.25) is 0 Å². The van der Waals surface area contributed by atoms with E-state index in [0.717, 1.165) is 22.9 Å². The zero-order valence-electron chi connectivity index (χ0n) is 26.5. The third-order valence-electron chi connectivity index (χ3n) is 7.18. The predicted molar refractivity (Wildman–Crippen MR) is 178 cm³/mol. The highest BCUT2D eigenvalue weighted by Crippen LogP contribution is 2.48. The van der Waals surface area contributed by atoms with Crippen LogP contribution in [-0.2, 0) is 30.8 Å². The topological polar surface area (TPSA) is 73.6 Å². The first-order valence-corrected chi connectivity index (χ1v) is 16.8. The summed E-state index contributed by atoms with van der Waals surface area (Å²) < 4.78 is 95.9. The van der Waals surface area contributed by atoms with Crippen LogP contribution < -0.4 is 9.47 Å². The quantitative estimate of drug-likeness (QED) is 0.0635. The van der Waals surface area contributed by atoms with Gasteiger partial charge in [-0.2, -0.15) is 43.2 Å². The molecule has 0 unspecified atom stereocenters. The van der Waals surface area contributed by atoms with Gasteiger partial charge >= 0.3 is 18.3 Å². The lowest BCUT2D eigenvalue weighted by atomic mass is 9.96. The number of hydrogen-bond donors (Lipinski definition) is 1. The van der Waals surface area contributed by atoms with E-state index in [-0.39, 0.29) is 46.9 Å². The number of alkyl halides is 6. The van der Waals surface area contributed by atoms with Crippen LogP contribution in [0, 0.1) is 0 Å². The molecular weight excluding hydrogens is 717 g/mol. The third kappa shape index (κ3) is 10.6. The smallest absolute Gasteiger partial charge is 0.435 e. The lowest BCUT2D eigenvalue weighted by Crippen LogP contribution is -2.18. The Bertz CT molecular complexity index is 1770. The second-order valence-corrected chi connectivity index (χ2v) is 13.8. The van der Waals surface area contributed by atoms with Gasteiger partial charge in [0.05, 0.1) is 33.9 Å². The fourth-order valence-corrected chi connectivity index (χ4v) is 6.01. The number of rotatable bonds is 13. The normalized spacial score (nSPS) is 12.3. The molecule has 0 saturated carbocycles. The maximum absolute atomic E-state index is 14.0. The van der Waals surface area contributed by atoms with Crippen LogP contribution in [0.3, 0.4) is 0 Å². The Balaban J connectivity index is 1.83. The van der Waals surface area contributed by atoms with Crippen molar-refractivity contribution in [3.05, 3.63) is 87.5 Å². The van der Waals surface area contributed by atoms with E-state index < -0.39 is 40.2 Å². The number of hydrogen-bond acceptors (Lipinski definition) is 6. The molecular formula is C34H32Cl2F6N2O4S. The number of halogens is 8. The summed E-state index contributed by atoms with van der Waals surface area (Å²) >= 11 is 13.3. The molecule has 0 saturated heterocycles. The fraction of sp³-hybridized carbons (Fsp3) is 0.353. The molecule has 0 amide bonds. The van der Waals surface area contributed by atoms with Crippen molar-refractivity contribution in [2.75, 3.05) is 11.5 Å². The SMILES string of the molecule is Cn1nc(C(F)(F)F)cc1-c1ccc(OCc2ccc(Cl)cc2)c(-c2ccc(Cl)c(C(F)(F)F)c2)c1OC(=O)CCSCCCC(C)(C)O. The highest BCUT2D eigenvalue weighted by atomic mass is 35.5. The highest BCUT2D eigenvalue weighted by Gasteiger charge is 2.36. The number of carbonyl (C=O) groups excluding carboxylic acids is 1. The molecule has 15 heteroatoms. The van der Waals surface area contributed by atoms with Crippen LogP contribution in [0.15, 0.2) is 60.7 Å². The minimum absolute atomic E-state index is 0.0175. The predicted octanol–water partition coefficient (Wildman–Crippen LogP) is 10.3. The van der Waals surface area contributed by atoms with Crippen molar-refractivity contribution in [2.24, 2.45) is 7.05 Å². The Hall–Kier alpha value is -3.39. The number of benzene rings is 3. The van der Waals surface area contributed by atoms with Gasteiger partial charge in [-0.05, 0) is 86.0 Å². The van der Waals surface area contributed by atoms with E-state index in [1.807, 2.05) is 0 Å². The van der Waals surface area contributed by atoms with Gasteiger partial charge in [-0.3, -0.25) is 9.48 Å². The highest BCUT2D eigenvalue weighted by molar-refractivity contribution is 7.99. The molecule has 0 bridgehead atoms. The van der Waals surface area contributed by atoms with Crippen molar-refractivity contribution in [1.82, 2.24) is 9.78 Å². The summed E-state index contributed by atoms with van der Waals surface area (Å²) in [6.07, 6.45) is -8.57. The van der Waals surface area contributed by atoms with E-state index in [0.29, 0.717) is 34.9 Å². The molecule has 264 valence electrons. The van der Waals surface area contributed by atoms with Crippen molar-refractivity contribution in [1.29, 1.82) is 0 Å². The Kier molecular flexibility index (Phi) is 12.3. The zero-order valence-corrected chi connectivity index (χ0v) is 28.8. The second-order valence-electron chi connectivity index (χ2n) is 11.7. The number of ether oxygens (including phenoxy) is 2. The molecule has 0 aliphatic carbocycles. The number of aromatic nitrogens is 2. The lowest BCUT2D eigenvalue weighted by Gasteiger charge is -2.20. The van der Waals surface area contributed by atoms with Crippen LogP contribution in [0.25, 0.3) is 22.4 Å². The van der Waals surface area contributed by atoms with Crippen LogP contribution in [0.4, 0.5) is 26.3 Å². The molecule has 3 aromatic carbocycles. The number of carbonyl (C=O) groups is 1. The van der Waals surface area contributed by atoms with Crippen molar-refractivity contribution in [3.63, 3.8) is 0 Å². The molecule has 0 aliphatic rings. The molecule has 6 nitrogen and oxygen atoms in total. The summed E-state index contributed by atoms with van der Waals surface area (Å²) in [6.45, 7) is 3.30. The molecule has 49 heavy (non-hydrogen) atoms. The van der Waals surface area contributed by atoms with E-state index >= 15 is 0 Å². The average Bonchev–Trinajstić information content (AvgIpc) is 3.40. The van der Waals surface area contributed by atoms with Crippen LogP contribution in [0.1, 0.15) is 49.9 Å². The first kappa shape index (κ1) is 38.4. The summed E-state index contributed by atoms with van der Waals surface area (Å²) in [5, 5.41) is 13.4. The first-order valence-electron chi connectivity index (χ1n) is 14.9. The van der Waals surface area contributed by atoms with Crippen molar-refractivity contribution >= 4 is 40.9 Å². The van der Waals surface area contributed by atoms with Gasteiger partial charge in [-0.15, -0.1) is 0 Å². The summed E-state index contributed by atoms with van der Waals surface area (Å²) in [5.41, 5.74) is -2.99. The maximum Gasteiger partial charge on any atom is 0.435 e. The average molecular weight is 750 g/mol. The summed E-state index contributed by atoms with van der Waals surface area (Å²) in [7, 11) is 1.26. The molecule has 1 N–H and O–H groups in total. The minimum Gasteiger partial charge on any atom is -0.488 e. The van der Waals surface area contributed by atoms with Gasteiger partial charge < -0.3 is 14.6 Å². The Morgan fingerprint density at radius 1 is 0.939 bits per heavy atom. The van der Waals surface area contributed by atoms with Gasteiger partial charge in [-0.25, -0.2) is 0 Å². The Morgan fingerprint density at radius 3 is 2.24 bits per heavy atom. The molecule has 0 radical (unpaired) electrons. The van der Waals surface area contributed by atoms with E-state index in [4.69, 9.17) is 32.7 Å². The molecule has 4 rings (SSSR count). The molecule has 4 aromatic rings. The van der Waals surface area contributed by atoms with Crippen LogP contribution >= 0.6 is 35.0 Å². The zero-order chi connectivity index (χ0) is 36.1. The maximum atomic E-state index is 14.0. The van der Waals surface area contributed by atoms with E-state index in [1.165, 1.54) is 37.0 Å². The Labute approximate surface area is 293 Å². The summed E-state index contributed by atoms with van der Waals surface area (Å²) in [5.74, 6) is -0.169. The van der Waals surface area contributed by atoms with Gasteiger partial charge in [-0.1, -0.05) is 41.4 Å². The van der Waals surface area contributed by atoms with Gasteiger partial charge in [0.1, 0.15) is 12.4 Å². The summed E-state index contributed by atoms with van der Waals surface area (Å²) in [4.78, 5) is 13.3. The lowest BCUT2D eigenvalue weighted by molar-refractivity contribution is -0.141. The van der Waals surface area contributed by atoms with Gasteiger partial charge in [0.25, 0.3) is 0 Å². The molecule has 0 spiro atoms. The van der Waals surface area contributed by atoms with Gasteiger partial charge in [0, 0.05) is 23.4 Å². The first-order chi connectivity index (χ1) is 22.8. The van der Waals surface area contributed by atoms with E-state index in [1.54, 1.807) is 38.1 Å². The van der Waals surface area contributed by atoms with Gasteiger partial charge in [0.15, 0.2) is 11.4 Å². The number of thioether (sulfide) groups is 1. The van der Waals surface area contributed by atoms with E-state index in [9.17, 15) is 36.2 Å². The standard InChI is InChI=1S/C34H32Cl2F6N2O4S/c1-32(2,46)14-4-15-49-16-13-29(45)48-31-23(26-18-28(34(40,41)42)43-44(26)3)10-12-27(47-19-20-5-8-22(35)9-6-20)30(31)21-7-11-25(36)24(17-21)33(37,38)39/h5-12,17-18,46H,4,13-16,19H2,1-3H3. The molecule has 0 atom stereocenters. The van der Waals surface area contributed by atoms with E-state index in [2.05, 4.69) is 5.10 Å². The number of esters is 1. The second kappa shape index (κ2) is 15.7. The Morgan fingerprint density at radius 2 is 1.63 bits per heavy atom. The molecule has 1 aromatic heterocycles. The molecule has 0 aliphatic heterocycles. The van der Waals surface area contributed by atoms with Crippen molar-refractivity contribution < 1.29 is 45.7 Å². The third-order valence-corrected chi connectivity index (χ3v) is 8.83. The molecule has 0 fully saturated rings. The summed E-state index contributed by atoms with van der Waals surface area (Å²) in [6, 6.07) is 13.1.